The molecule has 0 unspecified atom stereocenters. The van der Waals surface area contributed by atoms with E-state index in [0.29, 0.717) is 29.4 Å². The molecule has 1 heterocycles. The summed E-state index contributed by atoms with van der Waals surface area (Å²) in [5, 5.41) is 7.12. The Bertz CT molecular complexity index is 898. The van der Waals surface area contributed by atoms with Gasteiger partial charge in [-0.15, -0.1) is 0 Å². The molecule has 0 radical (unpaired) electrons. The van der Waals surface area contributed by atoms with Crippen LogP contribution in [-0.2, 0) is 6.54 Å². The van der Waals surface area contributed by atoms with Crippen molar-refractivity contribution in [3.63, 3.8) is 0 Å². The average Bonchev–Trinajstić information content (AvgIpc) is 3.26. The molecular formula is C20H21N3O4. The highest BCUT2D eigenvalue weighted by atomic mass is 16.5. The third-order valence-electron chi connectivity index (χ3n) is 4.06. The van der Waals surface area contributed by atoms with Gasteiger partial charge in [0.25, 0.3) is 5.91 Å². The molecule has 0 fully saturated rings. The van der Waals surface area contributed by atoms with Crippen LogP contribution in [0.25, 0.3) is 5.69 Å². The summed E-state index contributed by atoms with van der Waals surface area (Å²) in [5.74, 6) is 1.08. The van der Waals surface area contributed by atoms with Crippen molar-refractivity contribution < 1.29 is 19.0 Å². The highest BCUT2D eigenvalue weighted by Crippen LogP contribution is 2.38. The van der Waals surface area contributed by atoms with Gasteiger partial charge in [-0.3, -0.25) is 4.79 Å². The van der Waals surface area contributed by atoms with Crippen molar-refractivity contribution >= 4 is 5.91 Å². The Morgan fingerprint density at radius 2 is 1.78 bits per heavy atom. The molecule has 0 saturated heterocycles. The van der Waals surface area contributed by atoms with Gasteiger partial charge in [-0.1, -0.05) is 12.1 Å². The molecule has 0 aliphatic rings. The van der Waals surface area contributed by atoms with Crippen LogP contribution < -0.4 is 19.5 Å². The van der Waals surface area contributed by atoms with Gasteiger partial charge in [0.1, 0.15) is 0 Å². The maximum absolute atomic E-state index is 12.6. The summed E-state index contributed by atoms with van der Waals surface area (Å²) in [4.78, 5) is 12.6. The second kappa shape index (κ2) is 8.27. The van der Waals surface area contributed by atoms with E-state index >= 15 is 0 Å². The summed E-state index contributed by atoms with van der Waals surface area (Å²) in [7, 11) is 4.55. The minimum atomic E-state index is -0.237. The zero-order chi connectivity index (χ0) is 19.2. The summed E-state index contributed by atoms with van der Waals surface area (Å²) < 4.78 is 17.6. The Labute approximate surface area is 157 Å². The van der Waals surface area contributed by atoms with Gasteiger partial charge in [-0.25, -0.2) is 4.68 Å². The van der Waals surface area contributed by atoms with Gasteiger partial charge in [0.15, 0.2) is 11.5 Å². The number of hydrogen-bond donors (Lipinski definition) is 1. The molecule has 2 aromatic carbocycles. The van der Waals surface area contributed by atoms with E-state index in [-0.39, 0.29) is 5.91 Å². The standard InChI is InChI=1S/C20H21N3O4/c1-25-17-11-15(12-18(26-2)19(17)27-3)20(24)21-13-14-6-4-7-16(10-14)23-9-5-8-22-23/h4-12H,13H2,1-3H3,(H,21,24). The number of hydrogen-bond acceptors (Lipinski definition) is 5. The third-order valence-corrected chi connectivity index (χ3v) is 4.06. The molecule has 0 saturated carbocycles. The Kier molecular flexibility index (Phi) is 5.61. The Balaban J connectivity index is 1.76. The van der Waals surface area contributed by atoms with Gasteiger partial charge in [-0.05, 0) is 35.9 Å². The molecule has 1 aromatic heterocycles. The van der Waals surface area contributed by atoms with Gasteiger partial charge < -0.3 is 19.5 Å². The second-order valence-electron chi connectivity index (χ2n) is 5.72. The predicted octanol–water partition coefficient (Wildman–Crippen LogP) is 2.83. The van der Waals surface area contributed by atoms with Crippen LogP contribution in [0.15, 0.2) is 54.9 Å². The van der Waals surface area contributed by atoms with Crippen molar-refractivity contribution in [2.75, 3.05) is 21.3 Å². The molecule has 0 aliphatic carbocycles. The average molecular weight is 367 g/mol. The largest absolute Gasteiger partial charge is 0.493 e. The van der Waals surface area contributed by atoms with Crippen LogP contribution in [-0.4, -0.2) is 37.0 Å². The minimum absolute atomic E-state index is 0.237. The van der Waals surface area contributed by atoms with Crippen molar-refractivity contribution in [1.82, 2.24) is 15.1 Å². The molecule has 0 atom stereocenters. The number of nitrogens with one attached hydrogen (secondary N) is 1. The number of carbonyl (C=O) groups excluding carboxylic acids is 1. The van der Waals surface area contributed by atoms with Crippen LogP contribution in [0.5, 0.6) is 17.2 Å². The fourth-order valence-corrected chi connectivity index (χ4v) is 2.73. The summed E-state index contributed by atoms with van der Waals surface area (Å²) in [6.07, 6.45) is 3.59. The van der Waals surface area contributed by atoms with Crippen LogP contribution in [0, 0.1) is 0 Å². The minimum Gasteiger partial charge on any atom is -0.493 e. The highest BCUT2D eigenvalue weighted by Gasteiger charge is 2.16. The monoisotopic (exact) mass is 367 g/mol. The molecule has 1 amide bonds. The van der Waals surface area contributed by atoms with Crippen molar-refractivity contribution in [1.29, 1.82) is 0 Å². The predicted molar refractivity (Wildman–Crippen MR) is 101 cm³/mol. The van der Waals surface area contributed by atoms with Crippen LogP contribution in [0.4, 0.5) is 0 Å². The normalized spacial score (nSPS) is 10.3. The van der Waals surface area contributed by atoms with E-state index in [9.17, 15) is 4.79 Å². The summed E-state index contributed by atoms with van der Waals surface area (Å²) in [6, 6.07) is 12.9. The van der Waals surface area contributed by atoms with Crippen molar-refractivity contribution in [2.45, 2.75) is 6.54 Å². The fourth-order valence-electron chi connectivity index (χ4n) is 2.73. The topological polar surface area (TPSA) is 74.6 Å². The lowest BCUT2D eigenvalue weighted by Gasteiger charge is -2.14. The van der Waals surface area contributed by atoms with Crippen LogP contribution in [0.1, 0.15) is 15.9 Å². The SMILES string of the molecule is COc1cc(C(=O)NCc2cccc(-n3cccn3)c2)cc(OC)c1OC. The summed E-state index contributed by atoms with van der Waals surface area (Å²) in [6.45, 7) is 0.380. The lowest BCUT2D eigenvalue weighted by atomic mass is 10.1. The molecule has 0 spiro atoms. The second-order valence-corrected chi connectivity index (χ2v) is 5.72. The molecule has 0 aliphatic heterocycles. The molecule has 3 aromatic rings. The zero-order valence-electron chi connectivity index (χ0n) is 15.4. The Morgan fingerprint density at radius 1 is 1.04 bits per heavy atom. The molecule has 7 nitrogen and oxygen atoms in total. The Morgan fingerprint density at radius 3 is 2.37 bits per heavy atom. The Hall–Kier alpha value is -3.48. The molecule has 1 N–H and O–H groups in total. The number of ether oxygens (including phenoxy) is 3. The smallest absolute Gasteiger partial charge is 0.251 e. The lowest BCUT2D eigenvalue weighted by molar-refractivity contribution is 0.0950. The van der Waals surface area contributed by atoms with E-state index in [1.807, 2.05) is 36.5 Å². The maximum Gasteiger partial charge on any atom is 0.251 e. The fraction of sp³-hybridized carbons (Fsp3) is 0.200. The highest BCUT2D eigenvalue weighted by molar-refractivity contribution is 5.95. The van der Waals surface area contributed by atoms with Gasteiger partial charge in [0.2, 0.25) is 5.75 Å². The third kappa shape index (κ3) is 4.03. The number of benzene rings is 2. The van der Waals surface area contributed by atoms with E-state index in [0.717, 1.165) is 11.3 Å². The summed E-state index contributed by atoms with van der Waals surface area (Å²) in [5.41, 5.74) is 2.32. The van der Waals surface area contributed by atoms with Gasteiger partial charge >= 0.3 is 0 Å². The number of rotatable bonds is 7. The first kappa shape index (κ1) is 18.3. The number of nitrogens with zero attached hydrogens (tertiary/aromatic N) is 2. The number of methoxy groups -OCH3 is 3. The first-order chi connectivity index (χ1) is 13.2. The molecule has 27 heavy (non-hydrogen) atoms. The van der Waals surface area contributed by atoms with Crippen LogP contribution in [0.3, 0.4) is 0 Å². The molecular weight excluding hydrogens is 346 g/mol. The first-order valence-electron chi connectivity index (χ1n) is 8.33. The van der Waals surface area contributed by atoms with Crippen LogP contribution in [0.2, 0.25) is 0 Å². The van der Waals surface area contributed by atoms with Crippen molar-refractivity contribution in [3.05, 3.63) is 66.0 Å². The van der Waals surface area contributed by atoms with Gasteiger partial charge in [0, 0.05) is 24.5 Å². The van der Waals surface area contributed by atoms with Crippen molar-refractivity contribution in [3.8, 4) is 22.9 Å². The maximum atomic E-state index is 12.6. The van der Waals surface area contributed by atoms with Crippen LogP contribution >= 0.6 is 0 Å². The number of amides is 1. The van der Waals surface area contributed by atoms with E-state index < -0.39 is 0 Å². The van der Waals surface area contributed by atoms with Gasteiger partial charge in [-0.2, -0.15) is 5.10 Å². The zero-order valence-corrected chi connectivity index (χ0v) is 15.4. The van der Waals surface area contributed by atoms with Crippen molar-refractivity contribution in [2.24, 2.45) is 0 Å². The van der Waals surface area contributed by atoms with E-state index in [1.165, 1.54) is 21.3 Å². The van der Waals surface area contributed by atoms with E-state index in [1.54, 1.807) is 23.0 Å². The van der Waals surface area contributed by atoms with E-state index in [2.05, 4.69) is 10.4 Å². The lowest BCUT2D eigenvalue weighted by Crippen LogP contribution is -2.23. The van der Waals surface area contributed by atoms with E-state index in [4.69, 9.17) is 14.2 Å². The molecule has 140 valence electrons. The first-order valence-corrected chi connectivity index (χ1v) is 8.33. The molecule has 7 heteroatoms. The van der Waals surface area contributed by atoms with Gasteiger partial charge in [0.05, 0.1) is 27.0 Å². The molecule has 3 rings (SSSR count). The number of carbonyl (C=O) groups is 1. The molecule has 0 bridgehead atoms. The summed E-state index contributed by atoms with van der Waals surface area (Å²) >= 11 is 0. The quantitative estimate of drug-likeness (QED) is 0.695. The number of aromatic nitrogens is 2.